The van der Waals surface area contributed by atoms with Gasteiger partial charge in [-0.1, -0.05) is 60.7 Å². The predicted octanol–water partition coefficient (Wildman–Crippen LogP) is 7.90. The molecule has 0 spiro atoms. The van der Waals surface area contributed by atoms with E-state index in [0.29, 0.717) is 17.0 Å². The Labute approximate surface area is 194 Å². The molecule has 0 atom stereocenters. The van der Waals surface area contributed by atoms with Crippen LogP contribution in [0.2, 0.25) is 0 Å². The van der Waals surface area contributed by atoms with Gasteiger partial charge in [0.15, 0.2) is 5.75 Å². The van der Waals surface area contributed by atoms with Crippen LogP contribution in [0.5, 0.6) is 5.75 Å². The van der Waals surface area contributed by atoms with E-state index in [1.165, 1.54) is 0 Å². The minimum Gasteiger partial charge on any atom is -0.421 e. The van der Waals surface area contributed by atoms with E-state index in [4.69, 9.17) is 4.74 Å². The second kappa shape index (κ2) is 9.66. The smallest absolute Gasteiger partial charge is 0.343 e. The average Bonchev–Trinajstić information content (AvgIpc) is 2.80. The molecule has 0 aliphatic carbocycles. The normalized spacial score (nSPS) is 10.9. The number of halogens is 1. The Kier molecular flexibility index (Phi) is 6.52. The number of aryl methyl sites for hydroxylation is 1. The highest BCUT2D eigenvalue weighted by atomic mass is 127. The Hall–Kier alpha value is -3.32. The maximum Gasteiger partial charge on any atom is 0.343 e. The summed E-state index contributed by atoms with van der Waals surface area (Å²) in [5.74, 6) is -0.0601. The Morgan fingerprint density at radius 2 is 1.39 bits per heavy atom. The first-order valence-electron chi connectivity index (χ1n) is 9.75. The van der Waals surface area contributed by atoms with Gasteiger partial charge in [-0.3, -0.25) is 0 Å². The number of esters is 1. The van der Waals surface area contributed by atoms with Gasteiger partial charge in [0.1, 0.15) is 5.69 Å². The number of nitrogens with zero attached hydrogens (tertiary/aromatic N) is 2. The molecule has 4 aromatic carbocycles. The average molecular weight is 518 g/mol. The Bertz CT molecular complexity index is 1250. The molecule has 5 heteroatoms. The van der Waals surface area contributed by atoms with Gasteiger partial charge in [0, 0.05) is 9.13 Å². The van der Waals surface area contributed by atoms with Crippen molar-refractivity contribution in [2.45, 2.75) is 6.92 Å². The van der Waals surface area contributed by atoms with Gasteiger partial charge < -0.3 is 4.74 Å². The van der Waals surface area contributed by atoms with Crippen molar-refractivity contribution in [2.24, 2.45) is 10.2 Å². The molecule has 0 N–H and O–H groups in total. The van der Waals surface area contributed by atoms with Crippen LogP contribution in [0.15, 0.2) is 107 Å². The van der Waals surface area contributed by atoms with Crippen LogP contribution in [0.1, 0.15) is 15.9 Å². The zero-order valence-corrected chi connectivity index (χ0v) is 19.0. The molecule has 0 fully saturated rings. The summed E-state index contributed by atoms with van der Waals surface area (Å²) in [4.78, 5) is 12.5. The molecule has 0 radical (unpaired) electrons. The summed E-state index contributed by atoms with van der Waals surface area (Å²) in [5, 5.41) is 8.95. The van der Waals surface area contributed by atoms with Gasteiger partial charge in [-0.05, 0) is 77.0 Å². The van der Waals surface area contributed by atoms with Crippen molar-refractivity contribution in [3.8, 4) is 16.9 Å². The fourth-order valence-electron chi connectivity index (χ4n) is 3.10. The van der Waals surface area contributed by atoms with E-state index in [1.54, 1.807) is 30.3 Å². The van der Waals surface area contributed by atoms with E-state index >= 15 is 0 Å². The van der Waals surface area contributed by atoms with Gasteiger partial charge in [0.2, 0.25) is 0 Å². The van der Waals surface area contributed by atoms with Crippen molar-refractivity contribution in [3.05, 3.63) is 112 Å². The molecule has 152 valence electrons. The predicted molar refractivity (Wildman–Crippen MR) is 131 cm³/mol. The van der Waals surface area contributed by atoms with Gasteiger partial charge >= 0.3 is 5.97 Å². The number of carbonyl (C=O) groups excluding carboxylic acids is 1. The van der Waals surface area contributed by atoms with Crippen molar-refractivity contribution >= 4 is 39.9 Å². The van der Waals surface area contributed by atoms with E-state index in [2.05, 4.69) is 45.0 Å². The van der Waals surface area contributed by atoms with Crippen molar-refractivity contribution in [3.63, 3.8) is 0 Å². The van der Waals surface area contributed by atoms with Gasteiger partial charge in [0.25, 0.3) is 0 Å². The Morgan fingerprint density at radius 3 is 2.16 bits per heavy atom. The van der Waals surface area contributed by atoms with Crippen LogP contribution in [0, 0.1) is 10.5 Å². The lowest BCUT2D eigenvalue weighted by Gasteiger charge is -2.09. The minimum absolute atomic E-state index is 0.370. The third-order valence-electron chi connectivity index (χ3n) is 4.66. The Balaban J connectivity index is 1.67. The number of benzene rings is 4. The summed E-state index contributed by atoms with van der Waals surface area (Å²) >= 11 is 2.32. The summed E-state index contributed by atoms with van der Waals surface area (Å²) in [6.07, 6.45) is 0. The SMILES string of the molecule is Cc1ccc(OC(=O)c2ccccc2)c(N=Nc2ccccc2-c2ccccc2I)c1. The second-order valence-corrected chi connectivity index (χ2v) is 8.09. The van der Waals surface area contributed by atoms with Crippen molar-refractivity contribution in [1.82, 2.24) is 0 Å². The highest BCUT2D eigenvalue weighted by Crippen LogP contribution is 2.36. The number of hydrogen-bond acceptors (Lipinski definition) is 4. The molecule has 0 aliphatic heterocycles. The first kappa shape index (κ1) is 20.9. The van der Waals surface area contributed by atoms with Crippen molar-refractivity contribution in [1.29, 1.82) is 0 Å². The molecule has 0 aromatic heterocycles. The quantitative estimate of drug-likeness (QED) is 0.117. The first-order chi connectivity index (χ1) is 15.1. The van der Waals surface area contributed by atoms with Crippen molar-refractivity contribution < 1.29 is 9.53 Å². The molecule has 4 aromatic rings. The maximum absolute atomic E-state index is 12.5. The molecule has 0 unspecified atom stereocenters. The summed E-state index contributed by atoms with van der Waals surface area (Å²) in [6.45, 7) is 1.96. The second-order valence-electron chi connectivity index (χ2n) is 6.92. The molecule has 0 amide bonds. The number of ether oxygens (including phenoxy) is 1. The lowest BCUT2D eigenvalue weighted by atomic mass is 10.0. The van der Waals surface area contributed by atoms with Gasteiger partial charge in [0.05, 0.1) is 11.3 Å². The van der Waals surface area contributed by atoms with Crippen LogP contribution in [-0.4, -0.2) is 5.97 Å². The maximum atomic E-state index is 12.5. The van der Waals surface area contributed by atoms with E-state index in [9.17, 15) is 4.79 Å². The van der Waals surface area contributed by atoms with Crippen LogP contribution in [0.25, 0.3) is 11.1 Å². The topological polar surface area (TPSA) is 51.0 Å². The molecule has 4 nitrogen and oxygen atoms in total. The molecule has 0 saturated heterocycles. The fraction of sp³-hybridized carbons (Fsp3) is 0.0385. The van der Waals surface area contributed by atoms with E-state index in [1.807, 2.05) is 61.5 Å². The van der Waals surface area contributed by atoms with Crippen LogP contribution in [0.4, 0.5) is 11.4 Å². The number of hydrogen-bond donors (Lipinski definition) is 0. The molecule has 4 rings (SSSR count). The monoisotopic (exact) mass is 518 g/mol. The summed E-state index contributed by atoms with van der Waals surface area (Å²) < 4.78 is 6.75. The lowest BCUT2D eigenvalue weighted by Crippen LogP contribution is -2.08. The van der Waals surface area contributed by atoms with Gasteiger partial charge in [-0.15, -0.1) is 10.2 Å². The van der Waals surface area contributed by atoms with Crippen LogP contribution < -0.4 is 4.74 Å². The van der Waals surface area contributed by atoms with E-state index < -0.39 is 5.97 Å². The van der Waals surface area contributed by atoms with Crippen LogP contribution in [0.3, 0.4) is 0 Å². The summed E-state index contributed by atoms with van der Waals surface area (Å²) in [7, 11) is 0. The van der Waals surface area contributed by atoms with Crippen LogP contribution in [-0.2, 0) is 0 Å². The number of rotatable bonds is 5. The highest BCUT2D eigenvalue weighted by molar-refractivity contribution is 14.1. The van der Waals surface area contributed by atoms with Gasteiger partial charge in [-0.2, -0.15) is 0 Å². The van der Waals surface area contributed by atoms with E-state index in [-0.39, 0.29) is 0 Å². The molecular formula is C26H19IN2O2. The molecular weight excluding hydrogens is 499 g/mol. The third-order valence-corrected chi connectivity index (χ3v) is 5.60. The fourth-order valence-corrected chi connectivity index (χ4v) is 3.78. The largest absolute Gasteiger partial charge is 0.421 e. The standard InChI is InChI=1S/C26H19IN2O2/c1-18-15-16-25(31-26(30)19-9-3-2-4-10-19)24(17-18)29-28-23-14-8-6-12-21(23)20-11-5-7-13-22(20)27/h2-17H,1H3. The Morgan fingerprint density at radius 1 is 0.742 bits per heavy atom. The summed E-state index contributed by atoms with van der Waals surface area (Å²) in [6, 6.07) is 30.4. The van der Waals surface area contributed by atoms with Crippen LogP contribution >= 0.6 is 22.6 Å². The molecule has 0 saturated carbocycles. The third kappa shape index (κ3) is 5.06. The van der Waals surface area contributed by atoms with Gasteiger partial charge in [-0.25, -0.2) is 4.79 Å². The van der Waals surface area contributed by atoms with E-state index in [0.717, 1.165) is 25.9 Å². The first-order valence-corrected chi connectivity index (χ1v) is 10.8. The lowest BCUT2D eigenvalue weighted by molar-refractivity contribution is 0.0735. The molecule has 0 heterocycles. The zero-order valence-electron chi connectivity index (χ0n) is 16.8. The highest BCUT2D eigenvalue weighted by Gasteiger charge is 2.12. The minimum atomic E-state index is -0.430. The number of carbonyl (C=O) groups is 1. The number of azo groups is 1. The van der Waals surface area contributed by atoms with Crippen molar-refractivity contribution in [2.75, 3.05) is 0 Å². The molecule has 0 aliphatic rings. The summed E-state index contributed by atoms with van der Waals surface area (Å²) in [5.41, 5.74) is 4.81. The molecule has 0 bridgehead atoms. The zero-order chi connectivity index (χ0) is 21.6. The molecule has 31 heavy (non-hydrogen) atoms.